The van der Waals surface area contributed by atoms with E-state index >= 15 is 0 Å². The zero-order valence-electron chi connectivity index (χ0n) is 3.70. The van der Waals surface area contributed by atoms with Crippen molar-refractivity contribution in [3.05, 3.63) is 0 Å². The van der Waals surface area contributed by atoms with Crippen molar-refractivity contribution in [1.29, 1.82) is 0 Å². The molecule has 0 bridgehead atoms. The second-order valence-corrected chi connectivity index (χ2v) is 0. The van der Waals surface area contributed by atoms with E-state index < -0.39 is 0 Å². The third kappa shape index (κ3) is 116. The van der Waals surface area contributed by atoms with Crippen LogP contribution in [0.2, 0.25) is 0 Å². The monoisotopic (exact) mass is 274 g/mol. The quantitative estimate of drug-likeness (QED) is 0.481. The average Bonchev–Trinajstić information content (AvgIpc) is 0. The Kier molecular flexibility index (Phi) is 5280. The molecular weight excluding hydrogens is 274 g/mol. The smallest absolute Gasteiger partial charge is 2.00 e. The summed E-state index contributed by atoms with van der Waals surface area (Å²) in [6.45, 7) is 0. The van der Waals surface area contributed by atoms with E-state index in [0.29, 0.717) is 0 Å². The van der Waals surface area contributed by atoms with Gasteiger partial charge in [-0.05, 0) is 0 Å². The molecule has 0 aliphatic heterocycles. The van der Waals surface area contributed by atoms with Crippen LogP contribution in [0, 0.1) is 35.6 Å². The van der Waals surface area contributed by atoms with Gasteiger partial charge in [-0.15, -0.1) is 0 Å². The Morgan fingerprint density at radius 2 is 0.500 bits per heavy atom. The fourth-order valence-electron chi connectivity index (χ4n) is 0. The van der Waals surface area contributed by atoms with Crippen molar-refractivity contribution in [2.24, 2.45) is 0 Å². The van der Waals surface area contributed by atoms with Crippen molar-refractivity contribution in [1.82, 2.24) is 0 Å². The van der Waals surface area contributed by atoms with Crippen molar-refractivity contribution >= 4 is 28.3 Å². The molecule has 8 heavy (non-hydrogen) atoms. The average molecular weight is 274 g/mol. The van der Waals surface area contributed by atoms with E-state index in [1.165, 1.54) is 0 Å². The van der Waals surface area contributed by atoms with Gasteiger partial charge >= 0.3 is 63.9 Å². The molecule has 0 saturated carbocycles. The Bertz CT molecular complexity index is 12.4. The second-order valence-electron chi connectivity index (χ2n) is 0. The molecule has 0 aliphatic carbocycles. The van der Waals surface area contributed by atoms with Crippen molar-refractivity contribution in [3.8, 4) is 0 Å². The van der Waals surface area contributed by atoms with Crippen LogP contribution in [-0.2, 0) is 27.4 Å². The molecule has 0 rings (SSSR count). The Morgan fingerprint density at radius 3 is 0.500 bits per heavy atom. The molecule has 5 nitrogen and oxygen atoms in total. The first-order valence-electron chi connectivity index (χ1n) is 0. The standard InChI is InChI=1S/Al.La.5O.Si/q2*+3;5*-2;+4. The van der Waals surface area contributed by atoms with Crippen molar-refractivity contribution in [3.63, 3.8) is 0 Å². The van der Waals surface area contributed by atoms with E-state index in [4.69, 9.17) is 0 Å². The van der Waals surface area contributed by atoms with Gasteiger partial charge in [0.15, 0.2) is 0 Å². The van der Waals surface area contributed by atoms with Gasteiger partial charge in [0.25, 0.3) is 0 Å². The summed E-state index contributed by atoms with van der Waals surface area (Å²) in [6.07, 6.45) is 0. The van der Waals surface area contributed by atoms with Gasteiger partial charge in [0, 0.05) is 0 Å². The first-order valence-corrected chi connectivity index (χ1v) is 0. The summed E-state index contributed by atoms with van der Waals surface area (Å²) in [4.78, 5) is 0. The van der Waals surface area contributed by atoms with Crippen LogP contribution in [0.3, 0.4) is 0 Å². The van der Waals surface area contributed by atoms with Gasteiger partial charge in [0.1, 0.15) is 0 Å². The zero-order chi connectivity index (χ0) is 0. The maximum atomic E-state index is 0. The molecule has 0 aromatic rings. The third-order valence-electron chi connectivity index (χ3n) is 0. The summed E-state index contributed by atoms with van der Waals surface area (Å²) < 4.78 is 0. The minimum atomic E-state index is 0. The fraction of sp³-hybridized carbons (Fsp3) is 0. The van der Waals surface area contributed by atoms with E-state index in [-0.39, 0.29) is 91.3 Å². The first-order chi connectivity index (χ1) is 0. The molecular formula is AlLaO5Si. The van der Waals surface area contributed by atoms with E-state index in [1.54, 1.807) is 0 Å². The van der Waals surface area contributed by atoms with Gasteiger partial charge in [0.2, 0.25) is 0 Å². The number of hydrogen-bond donors (Lipinski definition) is 0. The van der Waals surface area contributed by atoms with Gasteiger partial charge in [-0.25, -0.2) is 0 Å². The van der Waals surface area contributed by atoms with E-state index in [1.807, 2.05) is 0 Å². The normalized spacial score (nSPS) is 0. The minimum absolute atomic E-state index is 0. The molecule has 0 aromatic heterocycles. The molecule has 0 unspecified atom stereocenters. The largest absolute Gasteiger partial charge is 4.00 e. The van der Waals surface area contributed by atoms with E-state index in [2.05, 4.69) is 0 Å². The molecule has 0 atom stereocenters. The molecule has 0 saturated heterocycles. The second kappa shape index (κ2) is 172. The van der Waals surface area contributed by atoms with Crippen LogP contribution < -0.4 is 0 Å². The summed E-state index contributed by atoms with van der Waals surface area (Å²) in [5.74, 6) is 0. The summed E-state index contributed by atoms with van der Waals surface area (Å²) in [6, 6.07) is 0. The van der Waals surface area contributed by atoms with Crippen LogP contribution >= 0.6 is 0 Å². The number of rotatable bonds is 0. The van der Waals surface area contributed by atoms with Gasteiger partial charge < -0.3 is 27.4 Å². The molecule has 0 spiro atoms. The van der Waals surface area contributed by atoms with Crippen LogP contribution in [0.4, 0.5) is 0 Å². The van der Waals surface area contributed by atoms with Gasteiger partial charge in [0.05, 0.1) is 0 Å². The van der Waals surface area contributed by atoms with Crippen molar-refractivity contribution in [2.75, 3.05) is 0 Å². The van der Waals surface area contributed by atoms with Crippen LogP contribution in [0.5, 0.6) is 0 Å². The summed E-state index contributed by atoms with van der Waals surface area (Å²) in [5, 5.41) is 0. The molecule has 0 radical (unpaired) electrons. The molecule has 0 fully saturated rings. The van der Waals surface area contributed by atoms with Gasteiger partial charge in [-0.2, -0.15) is 0 Å². The fourth-order valence-corrected chi connectivity index (χ4v) is 0. The molecule has 0 aromatic carbocycles. The maximum Gasteiger partial charge on any atom is 4.00 e. The molecule has 8 heteroatoms. The van der Waals surface area contributed by atoms with Crippen LogP contribution in [-0.4, -0.2) is 28.3 Å². The van der Waals surface area contributed by atoms with Gasteiger partial charge in [-0.3, -0.25) is 0 Å². The Labute approximate surface area is 90.5 Å². The predicted octanol–water partition coefficient (Wildman–Crippen LogP) is -1.36. The van der Waals surface area contributed by atoms with E-state index in [0.717, 1.165) is 0 Å². The van der Waals surface area contributed by atoms with Crippen LogP contribution in [0.1, 0.15) is 0 Å². The van der Waals surface area contributed by atoms with Gasteiger partial charge in [-0.1, -0.05) is 0 Å². The van der Waals surface area contributed by atoms with Crippen molar-refractivity contribution in [2.45, 2.75) is 0 Å². The van der Waals surface area contributed by atoms with E-state index in [9.17, 15) is 0 Å². The maximum absolute atomic E-state index is 0. The molecule has 0 N–H and O–H groups in total. The summed E-state index contributed by atoms with van der Waals surface area (Å²) >= 11 is 0. The Hall–Kier alpha value is 1.74. The van der Waals surface area contributed by atoms with Crippen LogP contribution in [0.15, 0.2) is 0 Å². The van der Waals surface area contributed by atoms with Crippen LogP contribution in [0.25, 0.3) is 0 Å². The molecule has 0 amide bonds. The molecule has 0 heterocycles. The number of hydrogen-bond acceptors (Lipinski definition) is 0. The SMILES string of the molecule is [Al+3].[La+3].[O-2].[O-2].[O-2].[O-2].[O-2].[Si+4]. The Balaban J connectivity index is 0. The zero-order valence-corrected chi connectivity index (χ0v) is 9.48. The van der Waals surface area contributed by atoms with Crippen molar-refractivity contribution < 1.29 is 63.0 Å². The first kappa shape index (κ1) is 245. The summed E-state index contributed by atoms with van der Waals surface area (Å²) in [7, 11) is 0. The minimum Gasteiger partial charge on any atom is -2.00 e. The molecule has 40 valence electrons. The summed E-state index contributed by atoms with van der Waals surface area (Å²) in [5.41, 5.74) is 0. The predicted molar refractivity (Wildman–Crippen MR) is 14.9 cm³/mol. The topological polar surface area (TPSA) is 142 Å². The molecule has 0 aliphatic rings. The third-order valence-corrected chi connectivity index (χ3v) is 0. The Morgan fingerprint density at radius 1 is 0.500 bits per heavy atom.